The summed E-state index contributed by atoms with van der Waals surface area (Å²) in [7, 11) is 0. The van der Waals surface area contributed by atoms with Crippen molar-refractivity contribution in [2.45, 2.75) is 56.0 Å². The van der Waals surface area contributed by atoms with Crippen molar-refractivity contribution in [2.75, 3.05) is 0 Å². The van der Waals surface area contributed by atoms with E-state index >= 15 is 0 Å². The fourth-order valence-corrected chi connectivity index (χ4v) is 7.63. The Bertz CT molecular complexity index is 2410. The van der Waals surface area contributed by atoms with Gasteiger partial charge in [0.05, 0.1) is 49.5 Å². The lowest BCUT2D eigenvalue weighted by atomic mass is 9.12. The maximum absolute atomic E-state index is 14.2. The first kappa shape index (κ1) is 55.8. The molecule has 0 aliphatic carbocycles. The molecule has 0 radical (unpaired) electrons. The third-order valence-corrected chi connectivity index (χ3v) is 10.9. The van der Waals surface area contributed by atoms with Crippen molar-refractivity contribution in [3.05, 3.63) is 183 Å². The molecule has 0 atom stereocenters. The zero-order valence-corrected chi connectivity index (χ0v) is 35.1. The third kappa shape index (κ3) is 13.1. The van der Waals surface area contributed by atoms with Gasteiger partial charge in [-0.25, -0.2) is 4.57 Å². The number of benzene rings is 5. The van der Waals surface area contributed by atoms with Gasteiger partial charge in [0, 0.05) is 17.7 Å². The van der Waals surface area contributed by atoms with Gasteiger partial charge < -0.3 is 0 Å². The Kier molecular flexibility index (Phi) is 15.1. The second kappa shape index (κ2) is 19.2. The highest BCUT2D eigenvalue weighted by atomic mass is 35.5. The van der Waals surface area contributed by atoms with E-state index in [4.69, 9.17) is 11.6 Å². The van der Waals surface area contributed by atoms with Crippen LogP contribution in [0.1, 0.15) is 50.1 Å². The number of aromatic nitrogens is 1. The Morgan fingerprint density at radius 2 is 0.535 bits per heavy atom. The van der Waals surface area contributed by atoms with Crippen molar-refractivity contribution in [3.63, 3.8) is 0 Å². The number of hydrogen-bond donors (Lipinski definition) is 0. The molecule has 0 bridgehead atoms. The minimum atomic E-state index is -6.13. The second-order valence-corrected chi connectivity index (χ2v) is 15.8. The predicted molar refractivity (Wildman–Crippen MR) is 207 cm³/mol. The summed E-state index contributed by atoms with van der Waals surface area (Å²) in [4.78, 5) is 0. The Morgan fingerprint density at radius 1 is 0.310 bits per heavy atom. The molecular weight excluding hydrogens is 1040 g/mol. The minimum absolute atomic E-state index is 0.691. The van der Waals surface area contributed by atoms with Crippen LogP contribution < -0.4 is 26.4 Å². The van der Waals surface area contributed by atoms with Crippen LogP contribution in [-0.2, 0) is 56.0 Å². The average molecular weight is 1070 g/mol. The lowest BCUT2D eigenvalue weighted by Crippen LogP contribution is -2.75. The fraction of sp³-hybridized carbons (Fsp3) is 0.205. The number of halogens is 25. The van der Waals surface area contributed by atoms with Gasteiger partial charge in [0.25, 0.3) is 0 Å². The largest absolute Gasteiger partial charge is 0.416 e. The molecule has 0 saturated carbocycles. The number of pyridine rings is 1. The van der Waals surface area contributed by atoms with Gasteiger partial charge in [0.2, 0.25) is 0 Å². The highest BCUT2D eigenvalue weighted by Crippen LogP contribution is 2.41. The van der Waals surface area contributed by atoms with Gasteiger partial charge in [-0.15, -0.1) is 0 Å². The smallest absolute Gasteiger partial charge is 0.201 e. The van der Waals surface area contributed by atoms with Crippen LogP contribution in [0.4, 0.5) is 105 Å². The molecule has 0 aliphatic heterocycles. The predicted octanol–water partition coefficient (Wildman–Crippen LogP) is 13.9. The van der Waals surface area contributed by atoms with Crippen LogP contribution in [0.3, 0.4) is 0 Å². The van der Waals surface area contributed by atoms with Crippen LogP contribution >= 0.6 is 11.6 Å². The van der Waals surface area contributed by atoms with Crippen LogP contribution in [0.25, 0.3) is 0 Å². The van der Waals surface area contributed by atoms with Gasteiger partial charge in [-0.2, -0.15) is 127 Å². The number of rotatable bonds is 6. The van der Waals surface area contributed by atoms with E-state index in [0.29, 0.717) is 0 Å². The van der Waals surface area contributed by atoms with Gasteiger partial charge in [-0.05, 0) is 30.3 Å². The second-order valence-electron chi connectivity index (χ2n) is 15.4. The standard InChI is InChI=1S/C32H12BF24.C12H11ClN/c34-25(35,36)13-1-14(26(37,38)39)6-21(5-13)33(22-7-15(27(40,41)42)2-16(8-22)28(43,44)45,23-9-17(29(46,47)48)3-18(10-23)30(49,50)51)24-11-19(31(52,53)54)4-20(12-24)32(55,56)57;13-12-7-3-2-6-11(12)10-14-8-4-1-5-9-14/h1-12H;1-9H,10H2/q-1;+1. The van der Waals surface area contributed by atoms with E-state index in [-0.39, 0.29) is 0 Å². The summed E-state index contributed by atoms with van der Waals surface area (Å²) in [6.45, 7) is 0.820. The van der Waals surface area contributed by atoms with E-state index in [2.05, 4.69) is 4.57 Å². The normalized spacial score (nSPS) is 13.5. The Labute approximate surface area is 387 Å². The summed E-state index contributed by atoms with van der Waals surface area (Å²) < 4.78 is 343. The van der Waals surface area contributed by atoms with E-state index < -0.39 is 195 Å². The zero-order valence-electron chi connectivity index (χ0n) is 34.3. The molecule has 0 saturated heterocycles. The van der Waals surface area contributed by atoms with Crippen molar-refractivity contribution in [2.24, 2.45) is 0 Å². The Hall–Kier alpha value is -6.08. The molecule has 27 heteroatoms. The maximum Gasteiger partial charge on any atom is 0.416 e. The average Bonchev–Trinajstić information content (AvgIpc) is 3.22. The lowest BCUT2D eigenvalue weighted by Gasteiger charge is -2.46. The van der Waals surface area contributed by atoms with Crippen molar-refractivity contribution in [1.29, 1.82) is 0 Å². The van der Waals surface area contributed by atoms with Gasteiger partial charge in [0.15, 0.2) is 18.9 Å². The van der Waals surface area contributed by atoms with Gasteiger partial charge in [-0.1, -0.05) is 84.4 Å². The van der Waals surface area contributed by atoms with Crippen molar-refractivity contribution in [3.8, 4) is 0 Å². The first-order chi connectivity index (χ1) is 32.1. The lowest BCUT2D eigenvalue weighted by molar-refractivity contribution is -0.688. The Balaban J connectivity index is 0.000000569. The molecule has 0 amide bonds. The number of alkyl halides is 24. The van der Waals surface area contributed by atoms with Crippen LogP contribution in [0, 0.1) is 0 Å². The minimum Gasteiger partial charge on any atom is -0.201 e. The summed E-state index contributed by atoms with van der Waals surface area (Å²) in [6, 6.07) is 5.13. The SMILES string of the molecule is Clc1ccccc1C[n+]1ccccc1.FC(F)(F)c1cc([B-](c2cc(C(F)(F)F)cc(C(F)(F)F)c2)(c2cc(C(F)(F)F)cc(C(F)(F)F)c2)c2cc(C(F)(F)F)cc(C(F)(F)F)c2)cc(C(F)(F)F)c1. The quantitative estimate of drug-likeness (QED) is 0.0889. The van der Waals surface area contributed by atoms with Crippen LogP contribution in [0.5, 0.6) is 0 Å². The van der Waals surface area contributed by atoms with E-state index in [1.165, 1.54) is 0 Å². The molecule has 6 rings (SSSR count). The molecule has 0 spiro atoms. The molecule has 1 heterocycles. The summed E-state index contributed by atoms with van der Waals surface area (Å²) in [5.74, 6) is 0. The molecular formula is C44H23BClF24N. The van der Waals surface area contributed by atoms with Crippen molar-refractivity contribution in [1.82, 2.24) is 0 Å². The molecule has 1 aromatic heterocycles. The summed E-state index contributed by atoms with van der Waals surface area (Å²) in [5.41, 5.74) is -29.1. The van der Waals surface area contributed by atoms with E-state index in [9.17, 15) is 105 Å². The highest BCUT2D eigenvalue weighted by molar-refractivity contribution is 7.20. The first-order valence-corrected chi connectivity index (χ1v) is 19.5. The van der Waals surface area contributed by atoms with Gasteiger partial charge in [-0.3, -0.25) is 0 Å². The molecule has 0 aliphatic rings. The molecule has 0 fully saturated rings. The van der Waals surface area contributed by atoms with Crippen LogP contribution in [0.2, 0.25) is 5.02 Å². The Morgan fingerprint density at radius 3 is 0.746 bits per heavy atom. The van der Waals surface area contributed by atoms with Crippen molar-refractivity contribution >= 4 is 39.6 Å². The van der Waals surface area contributed by atoms with Crippen molar-refractivity contribution < 1.29 is 110 Å². The number of nitrogens with zero attached hydrogens (tertiary/aromatic N) is 1. The molecule has 1 nitrogen and oxygen atoms in total. The monoisotopic (exact) mass is 1070 g/mol. The van der Waals surface area contributed by atoms with E-state index in [1.807, 2.05) is 54.9 Å². The van der Waals surface area contributed by atoms with E-state index in [1.54, 1.807) is 0 Å². The first-order valence-electron chi connectivity index (χ1n) is 19.2. The van der Waals surface area contributed by atoms with Gasteiger partial charge >= 0.3 is 49.4 Å². The summed E-state index contributed by atoms with van der Waals surface area (Å²) in [6.07, 6.45) is -50.7. The van der Waals surface area contributed by atoms with Crippen LogP contribution in [0.15, 0.2) is 128 Å². The van der Waals surface area contributed by atoms with Gasteiger partial charge in [0.1, 0.15) is 6.15 Å². The topological polar surface area (TPSA) is 3.88 Å². The van der Waals surface area contributed by atoms with Crippen LogP contribution in [-0.4, -0.2) is 6.15 Å². The molecule has 71 heavy (non-hydrogen) atoms. The highest BCUT2D eigenvalue weighted by Gasteiger charge is 2.47. The molecule has 6 aromatic rings. The molecule has 382 valence electrons. The number of hydrogen-bond acceptors (Lipinski definition) is 0. The third-order valence-electron chi connectivity index (χ3n) is 10.5. The fourth-order valence-electron chi connectivity index (χ4n) is 7.43. The van der Waals surface area contributed by atoms with E-state index in [0.717, 1.165) is 17.1 Å². The zero-order chi connectivity index (χ0) is 53.7. The maximum atomic E-state index is 14.2. The summed E-state index contributed by atoms with van der Waals surface area (Å²) >= 11 is 6.06. The molecule has 0 unspecified atom stereocenters. The molecule has 0 N–H and O–H groups in total. The summed E-state index contributed by atoms with van der Waals surface area (Å²) in [5, 5.41) is 0.823. The molecule has 5 aromatic carbocycles.